The number of nitrogens with one attached hydrogen (secondary N) is 1. The first-order valence-corrected chi connectivity index (χ1v) is 8.49. The molecule has 0 aromatic heterocycles. The van der Waals surface area contributed by atoms with Crippen LogP contribution in [0.15, 0.2) is 24.3 Å². The van der Waals surface area contributed by atoms with Crippen molar-refractivity contribution in [2.24, 2.45) is 0 Å². The van der Waals surface area contributed by atoms with Gasteiger partial charge in [0.15, 0.2) is 0 Å². The van der Waals surface area contributed by atoms with Gasteiger partial charge in [0, 0.05) is 6.61 Å². The highest BCUT2D eigenvalue weighted by Crippen LogP contribution is 2.25. The highest BCUT2D eigenvalue weighted by Gasteiger charge is 2.23. The molecular formula is C19H27NO4. The molecule has 2 N–H and O–H groups in total. The summed E-state index contributed by atoms with van der Waals surface area (Å²) >= 11 is 0. The second kappa shape index (κ2) is 7.79. The lowest BCUT2D eigenvalue weighted by atomic mass is 9.86. The number of carbonyl (C=O) groups is 2. The van der Waals surface area contributed by atoms with Gasteiger partial charge in [-0.3, -0.25) is 9.59 Å². The van der Waals surface area contributed by atoms with Gasteiger partial charge in [0.25, 0.3) is 0 Å². The predicted molar refractivity (Wildman–Crippen MR) is 91.9 cm³/mol. The Bertz CT molecular complexity index is 568. The summed E-state index contributed by atoms with van der Waals surface area (Å²) in [5.74, 6) is -1.09. The van der Waals surface area contributed by atoms with Gasteiger partial charge in [-0.25, -0.2) is 0 Å². The van der Waals surface area contributed by atoms with Gasteiger partial charge in [-0.05, 0) is 29.4 Å². The average Bonchev–Trinajstić information content (AvgIpc) is 2.98. The Hall–Kier alpha value is -1.88. The van der Waals surface area contributed by atoms with Crippen LogP contribution in [0.4, 0.5) is 0 Å². The zero-order valence-electron chi connectivity index (χ0n) is 14.7. The van der Waals surface area contributed by atoms with Crippen LogP contribution in [0.3, 0.4) is 0 Å². The van der Waals surface area contributed by atoms with E-state index in [-0.39, 0.29) is 30.3 Å². The third-order valence-corrected chi connectivity index (χ3v) is 4.33. The quantitative estimate of drug-likeness (QED) is 0.838. The van der Waals surface area contributed by atoms with Crippen molar-refractivity contribution < 1.29 is 19.4 Å². The number of carboxylic acids is 1. The summed E-state index contributed by atoms with van der Waals surface area (Å²) in [6.07, 6.45) is 1.98. The first kappa shape index (κ1) is 18.5. The molecule has 5 heteroatoms. The molecule has 0 aliphatic carbocycles. The predicted octanol–water partition coefficient (Wildman–Crippen LogP) is 3.19. The third kappa shape index (κ3) is 5.34. The van der Waals surface area contributed by atoms with Crippen LogP contribution in [-0.2, 0) is 19.7 Å². The summed E-state index contributed by atoms with van der Waals surface area (Å²) in [6, 6.07) is 7.28. The van der Waals surface area contributed by atoms with Crippen LogP contribution in [-0.4, -0.2) is 29.7 Å². The molecule has 1 aliphatic heterocycles. The fourth-order valence-electron chi connectivity index (χ4n) is 2.91. The molecule has 0 radical (unpaired) electrons. The smallest absolute Gasteiger partial charge is 0.305 e. The summed E-state index contributed by atoms with van der Waals surface area (Å²) in [5, 5.41) is 12.0. The van der Waals surface area contributed by atoms with E-state index in [0.29, 0.717) is 6.61 Å². The Labute approximate surface area is 143 Å². The van der Waals surface area contributed by atoms with Gasteiger partial charge in [-0.15, -0.1) is 0 Å². The molecule has 2 atom stereocenters. The summed E-state index contributed by atoms with van der Waals surface area (Å²) in [5.41, 5.74) is 2.02. The van der Waals surface area contributed by atoms with Gasteiger partial charge in [-0.1, -0.05) is 45.0 Å². The highest BCUT2D eigenvalue weighted by atomic mass is 16.5. The minimum absolute atomic E-state index is 0.0316. The van der Waals surface area contributed by atoms with Crippen molar-refractivity contribution in [2.45, 2.75) is 64.0 Å². The van der Waals surface area contributed by atoms with E-state index in [4.69, 9.17) is 9.84 Å². The summed E-state index contributed by atoms with van der Waals surface area (Å²) in [4.78, 5) is 23.4. The molecule has 0 saturated carbocycles. The van der Waals surface area contributed by atoms with E-state index in [1.54, 1.807) is 0 Å². The van der Waals surface area contributed by atoms with Crippen LogP contribution in [0, 0.1) is 0 Å². The largest absolute Gasteiger partial charge is 0.481 e. The second-order valence-corrected chi connectivity index (χ2v) is 7.43. The first-order chi connectivity index (χ1) is 11.3. The Morgan fingerprint density at radius 1 is 1.29 bits per heavy atom. The number of aliphatic carboxylic acids is 1. The van der Waals surface area contributed by atoms with Crippen LogP contribution in [0.1, 0.15) is 63.6 Å². The van der Waals surface area contributed by atoms with Gasteiger partial charge in [0.2, 0.25) is 5.91 Å². The SMILES string of the molecule is CC(C)(C)c1ccc(C(CC(=O)O)NC(=O)CC2CCCO2)cc1. The maximum atomic E-state index is 12.2. The van der Waals surface area contributed by atoms with E-state index in [1.165, 1.54) is 5.56 Å². The molecule has 2 unspecified atom stereocenters. The molecule has 1 aromatic rings. The van der Waals surface area contributed by atoms with Crippen LogP contribution in [0.5, 0.6) is 0 Å². The summed E-state index contributed by atoms with van der Waals surface area (Å²) in [7, 11) is 0. The molecule has 2 rings (SSSR count). The third-order valence-electron chi connectivity index (χ3n) is 4.33. The molecule has 1 aromatic carbocycles. The summed E-state index contributed by atoms with van der Waals surface area (Å²) in [6.45, 7) is 7.07. The first-order valence-electron chi connectivity index (χ1n) is 8.49. The fraction of sp³-hybridized carbons (Fsp3) is 0.579. The van der Waals surface area contributed by atoms with E-state index in [1.807, 2.05) is 24.3 Å². The van der Waals surface area contributed by atoms with E-state index < -0.39 is 12.0 Å². The van der Waals surface area contributed by atoms with Crippen molar-refractivity contribution >= 4 is 11.9 Å². The average molecular weight is 333 g/mol. The maximum absolute atomic E-state index is 12.2. The Morgan fingerprint density at radius 2 is 1.96 bits per heavy atom. The van der Waals surface area contributed by atoms with Crippen molar-refractivity contribution in [3.05, 3.63) is 35.4 Å². The van der Waals surface area contributed by atoms with E-state index in [2.05, 4.69) is 26.1 Å². The van der Waals surface area contributed by atoms with Crippen molar-refractivity contribution in [1.82, 2.24) is 5.32 Å². The van der Waals surface area contributed by atoms with Crippen LogP contribution < -0.4 is 5.32 Å². The van der Waals surface area contributed by atoms with Crippen molar-refractivity contribution in [3.63, 3.8) is 0 Å². The summed E-state index contributed by atoms with van der Waals surface area (Å²) < 4.78 is 5.47. The lowest BCUT2D eigenvalue weighted by Gasteiger charge is -2.22. The highest BCUT2D eigenvalue weighted by molar-refractivity contribution is 5.78. The van der Waals surface area contributed by atoms with Gasteiger partial charge in [0.1, 0.15) is 0 Å². The molecule has 132 valence electrons. The van der Waals surface area contributed by atoms with Crippen LogP contribution in [0.2, 0.25) is 0 Å². The number of rotatable bonds is 6. The van der Waals surface area contributed by atoms with Crippen LogP contribution >= 0.6 is 0 Å². The van der Waals surface area contributed by atoms with E-state index >= 15 is 0 Å². The zero-order chi connectivity index (χ0) is 17.7. The topological polar surface area (TPSA) is 75.6 Å². The Balaban J connectivity index is 2.06. The van der Waals surface area contributed by atoms with Gasteiger partial charge in [-0.2, -0.15) is 0 Å². The monoisotopic (exact) mass is 333 g/mol. The second-order valence-electron chi connectivity index (χ2n) is 7.43. The van der Waals surface area contributed by atoms with Gasteiger partial charge < -0.3 is 15.2 Å². The minimum Gasteiger partial charge on any atom is -0.481 e. The van der Waals surface area contributed by atoms with Crippen LogP contribution in [0.25, 0.3) is 0 Å². The van der Waals surface area contributed by atoms with Crippen molar-refractivity contribution in [2.75, 3.05) is 6.61 Å². The molecule has 1 amide bonds. The number of carbonyl (C=O) groups excluding carboxylic acids is 1. The number of amides is 1. The van der Waals surface area contributed by atoms with Crippen molar-refractivity contribution in [1.29, 1.82) is 0 Å². The normalized spacial score (nSPS) is 19.0. The van der Waals surface area contributed by atoms with Gasteiger partial charge >= 0.3 is 5.97 Å². The number of hydrogen-bond donors (Lipinski definition) is 2. The number of carboxylic acid groups (broad SMARTS) is 1. The fourth-order valence-corrected chi connectivity index (χ4v) is 2.91. The molecule has 1 saturated heterocycles. The molecule has 1 aliphatic rings. The molecule has 5 nitrogen and oxygen atoms in total. The lowest BCUT2D eigenvalue weighted by molar-refractivity contribution is -0.137. The number of benzene rings is 1. The molecule has 0 bridgehead atoms. The molecule has 0 spiro atoms. The van der Waals surface area contributed by atoms with Crippen molar-refractivity contribution in [3.8, 4) is 0 Å². The number of hydrogen-bond acceptors (Lipinski definition) is 3. The molecular weight excluding hydrogens is 306 g/mol. The molecule has 24 heavy (non-hydrogen) atoms. The molecule has 1 heterocycles. The lowest BCUT2D eigenvalue weighted by Crippen LogP contribution is -2.32. The zero-order valence-corrected chi connectivity index (χ0v) is 14.7. The number of ether oxygens (including phenoxy) is 1. The Kier molecular flexibility index (Phi) is 5.99. The standard InChI is InChI=1S/C19H27NO4/c1-19(2,3)14-8-6-13(7-9-14)16(12-18(22)23)20-17(21)11-15-5-4-10-24-15/h6-9,15-16H,4-5,10-12H2,1-3H3,(H,20,21)(H,22,23). The van der Waals surface area contributed by atoms with E-state index in [0.717, 1.165) is 18.4 Å². The van der Waals surface area contributed by atoms with Gasteiger partial charge in [0.05, 0.1) is 25.0 Å². The minimum atomic E-state index is -0.933. The maximum Gasteiger partial charge on any atom is 0.305 e. The Morgan fingerprint density at radius 3 is 2.46 bits per heavy atom. The van der Waals surface area contributed by atoms with E-state index in [9.17, 15) is 9.59 Å². The molecule has 1 fully saturated rings.